The fraction of sp³-hybridized carbons (Fsp3) is 0.531. The zero-order chi connectivity index (χ0) is 50.0. The summed E-state index contributed by atoms with van der Waals surface area (Å²) >= 11 is 5.62. The van der Waals surface area contributed by atoms with Gasteiger partial charge in [-0.05, 0) is 118 Å². The van der Waals surface area contributed by atoms with E-state index in [9.17, 15) is 42.7 Å². The Labute approximate surface area is 401 Å². The lowest BCUT2D eigenvalue weighted by molar-refractivity contribution is -0.144. The Hall–Kier alpha value is -5.68. The molecule has 1 aromatic heterocycles. The lowest BCUT2D eigenvalue weighted by Gasteiger charge is -2.35. The summed E-state index contributed by atoms with van der Waals surface area (Å²) in [4.78, 5) is 64.1. The number of thiocarbonyl (C=S) groups is 1. The van der Waals surface area contributed by atoms with Gasteiger partial charge in [0.1, 0.15) is 29.8 Å². The maximum atomic E-state index is 13.9. The molecule has 2 N–H and O–H groups in total. The molecule has 2 fully saturated rings. The van der Waals surface area contributed by atoms with Crippen LogP contribution in [0.25, 0.3) is 0 Å². The van der Waals surface area contributed by atoms with Crippen LogP contribution < -0.4 is 24.8 Å². The number of nitrogens with one attached hydrogen (secondary N) is 1. The molecule has 3 heterocycles. The number of aryl methyl sites for hydroxylation is 1. The SMILES string of the molecule is CN(C)c1ccc(CCC(=O)[C@@H]2C[C@@H](O)CN2C(=O)[C@@H](NC(=O)COCCCOCCCCCOc2ccc(N3C(=S)N(c4ccc(C#N)c(C(F)(F)F)c4)C(=O)C3(C)C)cc2)C(C)(C)C)cn1. The molecule has 0 aliphatic carbocycles. The van der Waals surface area contributed by atoms with Crippen LogP contribution in [-0.2, 0) is 41.2 Å². The van der Waals surface area contributed by atoms with Crippen LogP contribution in [0.2, 0.25) is 0 Å². The van der Waals surface area contributed by atoms with Crippen LogP contribution in [0, 0.1) is 16.7 Å². The van der Waals surface area contributed by atoms with Crippen LogP contribution in [0.4, 0.5) is 30.4 Å². The molecule has 0 spiro atoms. The summed E-state index contributed by atoms with van der Waals surface area (Å²) in [6.07, 6.45) is -0.182. The van der Waals surface area contributed by atoms with Crippen LogP contribution in [0.5, 0.6) is 5.75 Å². The van der Waals surface area contributed by atoms with Crippen molar-refractivity contribution in [2.75, 3.05) is 68.4 Å². The monoisotopic (exact) mass is 965 g/mol. The molecule has 15 nitrogen and oxygen atoms in total. The minimum atomic E-state index is -4.80. The topological polar surface area (TPSA) is 178 Å². The van der Waals surface area contributed by atoms with E-state index < -0.39 is 64.2 Å². The summed E-state index contributed by atoms with van der Waals surface area (Å²) in [6, 6.07) is 13.6. The van der Waals surface area contributed by atoms with Crippen molar-refractivity contribution in [1.82, 2.24) is 15.2 Å². The largest absolute Gasteiger partial charge is 0.494 e. The molecule has 68 heavy (non-hydrogen) atoms. The number of ketones is 1. The Balaban J connectivity index is 0.963. The van der Waals surface area contributed by atoms with Gasteiger partial charge in [0, 0.05) is 65.2 Å². The predicted molar refractivity (Wildman–Crippen MR) is 254 cm³/mol. The quantitative estimate of drug-likeness (QED) is 0.0812. The first-order valence-electron chi connectivity index (χ1n) is 22.7. The van der Waals surface area contributed by atoms with Crippen molar-refractivity contribution in [1.29, 1.82) is 5.26 Å². The number of carbonyl (C=O) groups is 4. The van der Waals surface area contributed by atoms with Gasteiger partial charge in [0.25, 0.3) is 5.91 Å². The van der Waals surface area contributed by atoms with Gasteiger partial charge in [0.2, 0.25) is 11.8 Å². The summed E-state index contributed by atoms with van der Waals surface area (Å²) in [5.41, 5.74) is -2.25. The number of carbonyl (C=O) groups excluding carboxylic acids is 4. The average Bonchev–Trinajstić information content (AvgIpc) is 3.76. The van der Waals surface area contributed by atoms with E-state index in [0.717, 1.165) is 47.7 Å². The summed E-state index contributed by atoms with van der Waals surface area (Å²) in [5.74, 6) is -0.168. The van der Waals surface area contributed by atoms with E-state index >= 15 is 0 Å². The maximum Gasteiger partial charge on any atom is 0.417 e. The molecule has 3 atom stereocenters. The normalized spacial score (nSPS) is 17.6. The minimum Gasteiger partial charge on any atom is -0.494 e. The number of nitriles is 1. The van der Waals surface area contributed by atoms with Crippen molar-refractivity contribution >= 4 is 58.0 Å². The smallest absolute Gasteiger partial charge is 0.417 e. The van der Waals surface area contributed by atoms with E-state index in [4.69, 9.17) is 26.4 Å². The second-order valence-corrected chi connectivity index (χ2v) is 19.1. The third kappa shape index (κ3) is 13.5. The molecule has 0 bridgehead atoms. The molecule has 3 aromatic rings. The highest BCUT2D eigenvalue weighted by Crippen LogP contribution is 2.40. The number of β-amino-alcohol motifs (C(OH)–C–C–N with tert-alkyl or cyclic N) is 1. The van der Waals surface area contributed by atoms with Gasteiger partial charge in [-0.2, -0.15) is 18.4 Å². The van der Waals surface area contributed by atoms with Gasteiger partial charge in [-0.3, -0.25) is 24.1 Å². The van der Waals surface area contributed by atoms with Gasteiger partial charge >= 0.3 is 6.18 Å². The van der Waals surface area contributed by atoms with E-state index in [-0.39, 0.29) is 49.2 Å². The molecular weight excluding hydrogens is 904 g/mol. The van der Waals surface area contributed by atoms with Crippen LogP contribution >= 0.6 is 12.2 Å². The number of nitrogens with zero attached hydrogens (tertiary/aromatic N) is 6. The number of unbranched alkanes of at least 4 members (excludes halogenated alkanes) is 2. The number of ether oxygens (including phenoxy) is 3. The number of rotatable bonds is 22. The zero-order valence-corrected chi connectivity index (χ0v) is 40.5. The molecule has 19 heteroatoms. The van der Waals surface area contributed by atoms with Gasteiger partial charge in [-0.15, -0.1) is 0 Å². The number of anilines is 3. The van der Waals surface area contributed by atoms with Crippen LogP contribution in [0.1, 0.15) is 89.8 Å². The van der Waals surface area contributed by atoms with Gasteiger partial charge in [-0.1, -0.05) is 26.8 Å². The van der Waals surface area contributed by atoms with E-state index in [1.54, 1.807) is 55.3 Å². The van der Waals surface area contributed by atoms with Crippen molar-refractivity contribution in [3.63, 3.8) is 0 Å². The summed E-state index contributed by atoms with van der Waals surface area (Å²) in [7, 11) is 3.79. The molecule has 2 aromatic carbocycles. The van der Waals surface area contributed by atoms with E-state index in [1.807, 2.05) is 51.9 Å². The van der Waals surface area contributed by atoms with E-state index in [2.05, 4.69) is 10.3 Å². The first kappa shape index (κ1) is 53.3. The Kier molecular flexibility index (Phi) is 18.1. The van der Waals surface area contributed by atoms with Crippen molar-refractivity contribution < 1.29 is 51.7 Å². The van der Waals surface area contributed by atoms with Crippen molar-refractivity contribution in [2.45, 2.75) is 109 Å². The van der Waals surface area contributed by atoms with Crippen LogP contribution in [-0.4, -0.2) is 121 Å². The molecule has 368 valence electrons. The number of pyridine rings is 1. The Morgan fingerprint density at radius 3 is 2.26 bits per heavy atom. The number of benzene rings is 2. The number of hydrogen-bond donors (Lipinski definition) is 2. The Morgan fingerprint density at radius 2 is 1.63 bits per heavy atom. The van der Waals surface area contributed by atoms with Gasteiger partial charge in [-0.25, -0.2) is 4.98 Å². The third-order valence-electron chi connectivity index (χ3n) is 11.7. The highest BCUT2D eigenvalue weighted by atomic mass is 32.1. The molecule has 2 aliphatic rings. The number of Topliss-reactive ketones (excluding diaryl/α,β-unsaturated/α-hetero) is 1. The minimum absolute atomic E-state index is 0.00194. The van der Waals surface area contributed by atoms with Crippen molar-refractivity contribution in [3.05, 3.63) is 77.5 Å². The van der Waals surface area contributed by atoms with Crippen LogP contribution in [0.3, 0.4) is 0 Å². The third-order valence-corrected chi connectivity index (χ3v) is 12.1. The molecule has 0 saturated carbocycles. The van der Waals surface area contributed by atoms with E-state index in [1.165, 1.54) is 11.0 Å². The standard InChI is InChI=1S/C49H62F3N7O8S/c1-47(2,3)43(44(63)57-30-36(60)27-39(57)40(61)20-12-32-13-21-41(54-29-32)56(6)7)55-42(62)31-66-24-11-23-65-22-9-8-10-25-67-37-18-16-34(17-19-37)59-46(68)58(45(64)48(59,4)5)35-15-14-33(28-53)38(26-35)49(50,51)52/h13-19,21,26,29,36,39,43,60H,8-12,20,22-25,27,30-31H2,1-7H3,(H,55,62)/t36-,39+,43-/m1/s1. The number of aliphatic hydroxyl groups is 1. The lowest BCUT2D eigenvalue weighted by atomic mass is 9.85. The highest BCUT2D eigenvalue weighted by Gasteiger charge is 2.51. The number of aromatic nitrogens is 1. The van der Waals surface area contributed by atoms with Gasteiger partial charge < -0.3 is 39.3 Å². The number of alkyl halides is 3. The van der Waals surface area contributed by atoms with Gasteiger partial charge in [0.15, 0.2) is 10.9 Å². The molecule has 3 amide bonds. The van der Waals surface area contributed by atoms with Crippen LogP contribution in [0.15, 0.2) is 60.8 Å². The number of amides is 3. The molecule has 2 saturated heterocycles. The first-order valence-corrected chi connectivity index (χ1v) is 23.1. The fourth-order valence-corrected chi connectivity index (χ4v) is 8.52. The number of hydrogen-bond acceptors (Lipinski definition) is 12. The molecule has 2 aliphatic heterocycles. The number of likely N-dealkylation sites (tertiary alicyclic amines) is 1. The van der Waals surface area contributed by atoms with E-state index in [0.29, 0.717) is 44.1 Å². The second kappa shape index (κ2) is 23.1. The predicted octanol–water partition coefficient (Wildman–Crippen LogP) is 6.62. The zero-order valence-electron chi connectivity index (χ0n) is 39.7. The first-order chi connectivity index (χ1) is 32.0. The molecule has 0 unspecified atom stereocenters. The Morgan fingerprint density at radius 1 is 0.971 bits per heavy atom. The highest BCUT2D eigenvalue weighted by molar-refractivity contribution is 7.81. The van der Waals surface area contributed by atoms with Crippen molar-refractivity contribution in [3.8, 4) is 11.8 Å². The molecular formula is C49H62F3N7O8S. The average molecular weight is 966 g/mol. The summed E-state index contributed by atoms with van der Waals surface area (Å²) in [5, 5.41) is 22.5. The summed E-state index contributed by atoms with van der Waals surface area (Å²) < 4.78 is 58.3. The van der Waals surface area contributed by atoms with Crippen molar-refractivity contribution in [2.24, 2.45) is 5.41 Å². The van der Waals surface area contributed by atoms with Gasteiger partial charge in [0.05, 0.1) is 41.6 Å². The number of aliphatic hydroxyl groups excluding tert-OH is 1. The fourth-order valence-electron chi connectivity index (χ4n) is 8.00. The molecule has 5 rings (SSSR count). The maximum absolute atomic E-state index is 13.9. The number of halogens is 3. The summed E-state index contributed by atoms with van der Waals surface area (Å²) in [6.45, 7) is 10.2. The lowest BCUT2D eigenvalue weighted by Crippen LogP contribution is -2.57. The molecule has 0 radical (unpaired) electrons. The Bertz CT molecular complexity index is 2300. The second-order valence-electron chi connectivity index (χ2n) is 18.7.